The van der Waals surface area contributed by atoms with Gasteiger partial charge in [0, 0.05) is 0 Å². The fourth-order valence-corrected chi connectivity index (χ4v) is 3.75. The van der Waals surface area contributed by atoms with E-state index in [1.165, 1.54) is 4.90 Å². The van der Waals surface area contributed by atoms with Crippen molar-refractivity contribution in [3.63, 3.8) is 0 Å². The Hall–Kier alpha value is -3.52. The number of carbonyl (C=O) groups is 2. The van der Waals surface area contributed by atoms with Crippen molar-refractivity contribution in [1.29, 1.82) is 0 Å². The Morgan fingerprint density at radius 1 is 1.13 bits per heavy atom. The first-order valence-corrected chi connectivity index (χ1v) is 10.3. The number of likely N-dealkylation sites (N-methyl/N-ethyl adjacent to an activating group) is 1. The van der Waals surface area contributed by atoms with Gasteiger partial charge in [0.25, 0.3) is 11.5 Å². The number of anilines is 1. The van der Waals surface area contributed by atoms with Crippen LogP contribution in [0.3, 0.4) is 0 Å². The van der Waals surface area contributed by atoms with Gasteiger partial charge in [-0.25, -0.2) is 9.88 Å². The number of amides is 2. The number of benzene rings is 2. The lowest BCUT2D eigenvalue weighted by molar-refractivity contribution is -0.122. The van der Waals surface area contributed by atoms with E-state index in [1.807, 2.05) is 19.1 Å². The summed E-state index contributed by atoms with van der Waals surface area (Å²) in [5.41, 5.74) is 0.817. The summed E-state index contributed by atoms with van der Waals surface area (Å²) in [5, 5.41) is 0.510. The van der Waals surface area contributed by atoms with E-state index < -0.39 is 6.04 Å². The second-order valence-corrected chi connectivity index (χ2v) is 7.55. The van der Waals surface area contributed by atoms with Crippen molar-refractivity contribution in [2.45, 2.75) is 32.4 Å². The molecule has 1 aliphatic rings. The molecule has 160 valence electrons. The van der Waals surface area contributed by atoms with Gasteiger partial charge in [-0.3, -0.25) is 19.3 Å². The minimum atomic E-state index is -0.650. The van der Waals surface area contributed by atoms with E-state index >= 15 is 0 Å². The minimum Gasteiger partial charge on any atom is -0.491 e. The zero-order chi connectivity index (χ0) is 22.0. The zero-order valence-corrected chi connectivity index (χ0v) is 17.5. The van der Waals surface area contributed by atoms with Crippen LogP contribution >= 0.6 is 0 Å². The normalized spacial score (nSPS) is 16.5. The molecule has 1 fully saturated rings. The number of aromatic amines is 1. The van der Waals surface area contributed by atoms with Crippen LogP contribution in [0.5, 0.6) is 5.75 Å². The van der Waals surface area contributed by atoms with E-state index in [2.05, 4.69) is 9.97 Å². The molecular formula is C23H24N4O4. The first-order chi connectivity index (χ1) is 15.0. The molecule has 0 radical (unpaired) electrons. The van der Waals surface area contributed by atoms with Gasteiger partial charge in [0.05, 0.1) is 42.2 Å². The number of imide groups is 1. The number of rotatable bonds is 7. The fraction of sp³-hybridized carbons (Fsp3) is 0.304. The molecule has 1 N–H and O–H groups in total. The summed E-state index contributed by atoms with van der Waals surface area (Å²) in [5.74, 6) is 0.351. The van der Waals surface area contributed by atoms with Gasteiger partial charge >= 0.3 is 0 Å². The fourth-order valence-electron chi connectivity index (χ4n) is 3.75. The Bertz CT molecular complexity index is 1190. The first-order valence-electron chi connectivity index (χ1n) is 10.3. The number of nitrogens with zero attached hydrogens (tertiary/aromatic N) is 3. The van der Waals surface area contributed by atoms with Gasteiger partial charge in [-0.2, -0.15) is 0 Å². The van der Waals surface area contributed by atoms with Crippen LogP contribution in [0.4, 0.5) is 5.69 Å². The smallest absolute Gasteiger partial charge is 0.258 e. The van der Waals surface area contributed by atoms with Crippen LogP contribution in [0.15, 0.2) is 53.3 Å². The van der Waals surface area contributed by atoms with Crippen molar-refractivity contribution in [3.05, 3.63) is 64.7 Å². The Balaban J connectivity index is 1.56. The number of aromatic nitrogens is 2. The maximum atomic E-state index is 13.2. The molecule has 0 bridgehead atoms. The molecule has 0 aliphatic carbocycles. The molecular weight excluding hydrogens is 396 g/mol. The lowest BCUT2D eigenvalue weighted by atomic mass is 10.2. The van der Waals surface area contributed by atoms with Crippen molar-refractivity contribution in [1.82, 2.24) is 14.9 Å². The highest BCUT2D eigenvalue weighted by Crippen LogP contribution is 2.33. The van der Waals surface area contributed by atoms with Crippen molar-refractivity contribution in [2.24, 2.45) is 0 Å². The van der Waals surface area contributed by atoms with Crippen LogP contribution in [0, 0.1) is 0 Å². The van der Waals surface area contributed by atoms with Gasteiger partial charge in [-0.05, 0) is 37.7 Å². The molecule has 1 atom stereocenters. The third kappa shape index (κ3) is 4.06. The number of para-hydroxylation sites is 3. The van der Waals surface area contributed by atoms with Crippen LogP contribution in [-0.4, -0.2) is 46.4 Å². The molecule has 0 saturated carbocycles. The van der Waals surface area contributed by atoms with E-state index in [0.29, 0.717) is 34.8 Å². The Morgan fingerprint density at radius 2 is 1.87 bits per heavy atom. The monoisotopic (exact) mass is 420 g/mol. The average Bonchev–Trinajstić information content (AvgIpc) is 3.06. The molecule has 2 amide bonds. The standard InChI is InChI=1S/C23H24N4O4/c1-3-12-31-19-11-7-6-10-17(19)27-21(28)13-18(23(27)30)26(2)14-20-24-16-9-5-4-8-15(16)22(29)25-20/h4-11,18H,3,12-14H2,1-2H3,(H,24,25,29)/t18-/m0/s1. The summed E-state index contributed by atoms with van der Waals surface area (Å²) < 4.78 is 5.73. The van der Waals surface area contributed by atoms with Crippen LogP contribution < -0.4 is 15.2 Å². The highest BCUT2D eigenvalue weighted by molar-refractivity contribution is 6.23. The molecule has 1 aromatic heterocycles. The van der Waals surface area contributed by atoms with E-state index in [-0.39, 0.29) is 30.3 Å². The summed E-state index contributed by atoms with van der Waals surface area (Å²) in [4.78, 5) is 48.4. The third-order valence-corrected chi connectivity index (χ3v) is 5.28. The summed E-state index contributed by atoms with van der Waals surface area (Å²) in [7, 11) is 1.74. The largest absolute Gasteiger partial charge is 0.491 e. The second-order valence-electron chi connectivity index (χ2n) is 7.55. The quantitative estimate of drug-likeness (QED) is 0.590. The highest BCUT2D eigenvalue weighted by Gasteiger charge is 2.42. The van der Waals surface area contributed by atoms with Gasteiger partial charge in [0.15, 0.2) is 0 Å². The number of H-pyrrole nitrogens is 1. The minimum absolute atomic E-state index is 0.0509. The number of carbonyl (C=O) groups excluding carboxylic acids is 2. The highest BCUT2D eigenvalue weighted by atomic mass is 16.5. The molecule has 8 nitrogen and oxygen atoms in total. The summed E-state index contributed by atoms with van der Waals surface area (Å²) in [6.45, 7) is 2.72. The molecule has 1 saturated heterocycles. The van der Waals surface area contributed by atoms with Gasteiger partial charge in [-0.1, -0.05) is 31.2 Å². The van der Waals surface area contributed by atoms with E-state index in [4.69, 9.17) is 4.74 Å². The number of nitrogens with one attached hydrogen (secondary N) is 1. The molecule has 1 aliphatic heterocycles. The predicted molar refractivity (Wildman–Crippen MR) is 117 cm³/mol. The van der Waals surface area contributed by atoms with Crippen LogP contribution in [-0.2, 0) is 16.1 Å². The van der Waals surface area contributed by atoms with Gasteiger partial charge in [0.2, 0.25) is 5.91 Å². The maximum Gasteiger partial charge on any atom is 0.258 e. The predicted octanol–water partition coefficient (Wildman–Crippen LogP) is 2.48. The molecule has 4 rings (SSSR count). The Morgan fingerprint density at radius 3 is 2.68 bits per heavy atom. The lowest BCUT2D eigenvalue weighted by Gasteiger charge is -2.23. The lowest BCUT2D eigenvalue weighted by Crippen LogP contribution is -2.40. The average molecular weight is 420 g/mol. The summed E-state index contributed by atoms with van der Waals surface area (Å²) >= 11 is 0. The summed E-state index contributed by atoms with van der Waals surface area (Å²) in [6, 6.07) is 13.5. The van der Waals surface area contributed by atoms with Gasteiger partial charge in [0.1, 0.15) is 11.6 Å². The van der Waals surface area contributed by atoms with Crippen LogP contribution in [0.25, 0.3) is 10.9 Å². The van der Waals surface area contributed by atoms with Crippen molar-refractivity contribution < 1.29 is 14.3 Å². The molecule has 2 heterocycles. The number of hydrogen-bond acceptors (Lipinski definition) is 6. The topological polar surface area (TPSA) is 95.6 Å². The van der Waals surface area contributed by atoms with E-state index in [0.717, 1.165) is 6.42 Å². The molecule has 0 unspecified atom stereocenters. The van der Waals surface area contributed by atoms with Crippen LogP contribution in [0.2, 0.25) is 0 Å². The Kier molecular flexibility index (Phi) is 5.81. The third-order valence-electron chi connectivity index (χ3n) is 5.28. The second kappa shape index (κ2) is 8.69. The van der Waals surface area contributed by atoms with E-state index in [9.17, 15) is 14.4 Å². The molecule has 3 aromatic rings. The number of fused-ring (bicyclic) bond motifs is 1. The zero-order valence-electron chi connectivity index (χ0n) is 17.5. The van der Waals surface area contributed by atoms with Crippen LogP contribution in [0.1, 0.15) is 25.6 Å². The summed E-state index contributed by atoms with van der Waals surface area (Å²) in [6.07, 6.45) is 0.869. The van der Waals surface area contributed by atoms with Crippen molar-refractivity contribution in [2.75, 3.05) is 18.6 Å². The number of ether oxygens (including phenoxy) is 1. The molecule has 8 heteroatoms. The van der Waals surface area contributed by atoms with Crippen molar-refractivity contribution >= 4 is 28.4 Å². The van der Waals surface area contributed by atoms with Crippen molar-refractivity contribution in [3.8, 4) is 5.75 Å². The SMILES string of the molecule is CCCOc1ccccc1N1C(=O)C[C@H](N(C)Cc2nc3ccccc3c(=O)[nH]2)C1=O. The molecule has 2 aromatic carbocycles. The first kappa shape index (κ1) is 20.7. The van der Waals surface area contributed by atoms with Gasteiger partial charge < -0.3 is 9.72 Å². The maximum absolute atomic E-state index is 13.2. The molecule has 0 spiro atoms. The Labute approximate surface area is 179 Å². The molecule has 31 heavy (non-hydrogen) atoms. The van der Waals surface area contributed by atoms with E-state index in [1.54, 1.807) is 48.3 Å². The number of hydrogen-bond donors (Lipinski definition) is 1. The van der Waals surface area contributed by atoms with Gasteiger partial charge in [-0.15, -0.1) is 0 Å².